The number of methoxy groups -OCH3 is 1. The zero-order valence-corrected chi connectivity index (χ0v) is 17.7. The number of esters is 1. The van der Waals surface area contributed by atoms with Gasteiger partial charge in [0.25, 0.3) is 11.6 Å². The number of hydrogen-bond acceptors (Lipinski definition) is 7. The summed E-state index contributed by atoms with van der Waals surface area (Å²) >= 11 is 1.28. The summed E-state index contributed by atoms with van der Waals surface area (Å²) < 4.78 is 24.1. The molecule has 0 radical (unpaired) electrons. The van der Waals surface area contributed by atoms with E-state index >= 15 is 0 Å². The highest BCUT2D eigenvalue weighted by Crippen LogP contribution is 2.41. The molecule has 32 heavy (non-hydrogen) atoms. The Bertz CT molecular complexity index is 1240. The second-order valence-corrected chi connectivity index (χ2v) is 8.09. The van der Waals surface area contributed by atoms with Crippen LogP contribution in [0.5, 0.6) is 5.75 Å². The van der Waals surface area contributed by atoms with Gasteiger partial charge in [0.2, 0.25) is 0 Å². The van der Waals surface area contributed by atoms with Crippen molar-refractivity contribution >= 4 is 34.6 Å². The Kier molecular flexibility index (Phi) is 5.87. The molecule has 0 atom stereocenters. The molecule has 4 rings (SSSR count). The summed E-state index contributed by atoms with van der Waals surface area (Å²) in [5.41, 5.74) is 2.47. The van der Waals surface area contributed by atoms with Crippen molar-refractivity contribution in [2.45, 2.75) is 12.8 Å². The molecule has 0 saturated heterocycles. The Morgan fingerprint density at radius 1 is 1.16 bits per heavy atom. The predicted octanol–water partition coefficient (Wildman–Crippen LogP) is 4.37. The van der Waals surface area contributed by atoms with Crippen molar-refractivity contribution in [2.75, 3.05) is 19.0 Å². The molecule has 8 nitrogen and oxygen atoms in total. The monoisotopic (exact) mass is 456 g/mol. The number of fused-ring (bicyclic) bond motifs is 3. The summed E-state index contributed by atoms with van der Waals surface area (Å²) in [6.07, 6.45) is 1.59. The van der Waals surface area contributed by atoms with E-state index in [4.69, 9.17) is 9.47 Å². The van der Waals surface area contributed by atoms with Gasteiger partial charge in [-0.3, -0.25) is 14.9 Å². The Hall–Kier alpha value is -3.79. The van der Waals surface area contributed by atoms with Crippen molar-refractivity contribution in [1.29, 1.82) is 0 Å². The van der Waals surface area contributed by atoms with Gasteiger partial charge in [0, 0.05) is 17.0 Å². The third-order valence-corrected chi connectivity index (χ3v) is 6.19. The number of thiophene rings is 1. The maximum absolute atomic E-state index is 13.8. The lowest BCUT2D eigenvalue weighted by Crippen LogP contribution is -2.21. The van der Waals surface area contributed by atoms with Crippen LogP contribution in [-0.2, 0) is 22.4 Å². The molecule has 0 unspecified atom stereocenters. The van der Waals surface area contributed by atoms with Gasteiger partial charge in [-0.2, -0.15) is 0 Å². The average molecular weight is 456 g/mol. The number of nitro benzene ring substituents is 1. The number of ether oxygens (including phenoxy) is 2. The van der Waals surface area contributed by atoms with E-state index in [0.29, 0.717) is 4.88 Å². The van der Waals surface area contributed by atoms with Gasteiger partial charge in [-0.1, -0.05) is 0 Å². The maximum atomic E-state index is 13.8. The minimum absolute atomic E-state index is 0.355. The molecule has 1 aromatic heterocycles. The van der Waals surface area contributed by atoms with Gasteiger partial charge in [-0.05, 0) is 59.9 Å². The number of hydrogen-bond donors (Lipinski definition) is 1. The average Bonchev–Trinajstić information content (AvgIpc) is 3.23. The van der Waals surface area contributed by atoms with Gasteiger partial charge in [0.1, 0.15) is 16.4 Å². The molecule has 1 N–H and O–H groups in total. The van der Waals surface area contributed by atoms with E-state index in [2.05, 4.69) is 5.32 Å². The standard InChI is InChI=1S/C22H17FN2O6S/c1-30-15-5-6-16-12(8-15)2-3-13-9-19(32-21(13)16)22(27)31-11-20(26)24-18-10-14(25(28)29)4-7-17(18)23/h4-10H,2-3,11H2,1H3,(H,24,26). The Morgan fingerprint density at radius 3 is 2.69 bits per heavy atom. The highest BCUT2D eigenvalue weighted by Gasteiger charge is 2.23. The molecule has 0 bridgehead atoms. The summed E-state index contributed by atoms with van der Waals surface area (Å²) in [4.78, 5) is 36.0. The van der Waals surface area contributed by atoms with Crippen molar-refractivity contribution in [3.63, 3.8) is 0 Å². The van der Waals surface area contributed by atoms with E-state index in [-0.39, 0.29) is 11.4 Å². The first-order valence-electron chi connectivity index (χ1n) is 9.56. The lowest BCUT2D eigenvalue weighted by molar-refractivity contribution is -0.384. The number of halogens is 1. The lowest BCUT2D eigenvalue weighted by atomic mass is 9.91. The SMILES string of the molecule is COc1ccc2c(c1)CCc1cc(C(=O)OCC(=O)Nc3cc([N+](=O)[O-])ccc3F)sc1-2. The number of rotatable bonds is 6. The van der Waals surface area contributed by atoms with Gasteiger partial charge >= 0.3 is 5.97 Å². The van der Waals surface area contributed by atoms with Crippen LogP contribution in [0.25, 0.3) is 10.4 Å². The highest BCUT2D eigenvalue weighted by molar-refractivity contribution is 7.17. The van der Waals surface area contributed by atoms with E-state index in [1.165, 1.54) is 11.3 Å². The Labute approximate surface area is 185 Å². The molecule has 3 aromatic rings. The molecule has 0 spiro atoms. The Morgan fingerprint density at radius 2 is 1.94 bits per heavy atom. The zero-order valence-electron chi connectivity index (χ0n) is 16.8. The van der Waals surface area contributed by atoms with Crippen LogP contribution in [0.4, 0.5) is 15.8 Å². The third-order valence-electron chi connectivity index (χ3n) is 5.00. The third kappa shape index (κ3) is 4.30. The van der Waals surface area contributed by atoms with Crippen molar-refractivity contribution < 1.29 is 28.4 Å². The maximum Gasteiger partial charge on any atom is 0.348 e. The van der Waals surface area contributed by atoms with Crippen molar-refractivity contribution in [1.82, 2.24) is 0 Å². The second kappa shape index (κ2) is 8.75. The topological polar surface area (TPSA) is 108 Å². The van der Waals surface area contributed by atoms with Crippen LogP contribution in [0.2, 0.25) is 0 Å². The molecule has 164 valence electrons. The van der Waals surface area contributed by atoms with Crippen LogP contribution < -0.4 is 10.1 Å². The van der Waals surface area contributed by atoms with Crippen molar-refractivity contribution in [3.8, 4) is 16.2 Å². The second-order valence-electron chi connectivity index (χ2n) is 7.03. The van der Waals surface area contributed by atoms with E-state index in [9.17, 15) is 24.1 Å². The number of benzene rings is 2. The smallest absolute Gasteiger partial charge is 0.348 e. The largest absolute Gasteiger partial charge is 0.497 e. The summed E-state index contributed by atoms with van der Waals surface area (Å²) in [7, 11) is 1.61. The minimum atomic E-state index is -0.837. The van der Waals surface area contributed by atoms with Crippen molar-refractivity contribution in [2.24, 2.45) is 0 Å². The highest BCUT2D eigenvalue weighted by atomic mass is 32.1. The molecule has 1 aliphatic rings. The van der Waals surface area contributed by atoms with Crippen LogP contribution in [0.3, 0.4) is 0 Å². The molecule has 1 aliphatic carbocycles. The number of anilines is 1. The van der Waals surface area contributed by atoms with Gasteiger partial charge in [-0.15, -0.1) is 11.3 Å². The molecule has 0 saturated carbocycles. The number of nitro groups is 1. The van der Waals surface area contributed by atoms with Crippen molar-refractivity contribution in [3.05, 3.63) is 74.4 Å². The predicted molar refractivity (Wildman–Crippen MR) is 116 cm³/mol. The number of nitrogens with zero attached hydrogens (tertiary/aromatic N) is 1. The van der Waals surface area contributed by atoms with Crippen LogP contribution >= 0.6 is 11.3 Å². The number of non-ortho nitro benzene ring substituents is 1. The zero-order chi connectivity index (χ0) is 22.8. The molecular weight excluding hydrogens is 439 g/mol. The Balaban J connectivity index is 1.42. The van der Waals surface area contributed by atoms with Gasteiger partial charge in [-0.25, -0.2) is 9.18 Å². The van der Waals surface area contributed by atoms with E-state index in [0.717, 1.165) is 58.4 Å². The van der Waals surface area contributed by atoms with Crippen LogP contribution in [0, 0.1) is 15.9 Å². The fourth-order valence-electron chi connectivity index (χ4n) is 3.45. The van der Waals surface area contributed by atoms with E-state index < -0.39 is 29.2 Å². The minimum Gasteiger partial charge on any atom is -0.497 e. The summed E-state index contributed by atoms with van der Waals surface area (Å²) in [5, 5.41) is 13.0. The number of carbonyl (C=O) groups is 2. The number of nitrogens with one attached hydrogen (secondary N) is 1. The summed E-state index contributed by atoms with van der Waals surface area (Å²) in [6, 6.07) is 10.3. The molecule has 0 aliphatic heterocycles. The lowest BCUT2D eigenvalue weighted by Gasteiger charge is -2.16. The first-order valence-corrected chi connectivity index (χ1v) is 10.4. The molecule has 10 heteroatoms. The van der Waals surface area contributed by atoms with Crippen LogP contribution in [0.15, 0.2) is 42.5 Å². The molecular formula is C22H17FN2O6S. The van der Waals surface area contributed by atoms with E-state index in [1.807, 2.05) is 18.2 Å². The number of carbonyl (C=O) groups excluding carboxylic acids is 2. The normalized spacial score (nSPS) is 11.8. The molecule has 1 heterocycles. The quantitative estimate of drug-likeness (QED) is 0.335. The summed E-state index contributed by atoms with van der Waals surface area (Å²) in [6.45, 7) is -0.655. The fraction of sp³-hybridized carbons (Fsp3) is 0.182. The van der Waals surface area contributed by atoms with Gasteiger partial charge < -0.3 is 14.8 Å². The van der Waals surface area contributed by atoms with Crippen LogP contribution in [-0.4, -0.2) is 30.5 Å². The first-order chi connectivity index (χ1) is 15.4. The van der Waals surface area contributed by atoms with Crippen LogP contribution in [0.1, 0.15) is 20.8 Å². The number of amides is 1. The first kappa shape index (κ1) is 21.4. The molecule has 2 aromatic carbocycles. The summed E-state index contributed by atoms with van der Waals surface area (Å²) in [5.74, 6) is -1.54. The fourth-order valence-corrected chi connectivity index (χ4v) is 4.61. The number of aryl methyl sites for hydroxylation is 2. The van der Waals surface area contributed by atoms with Gasteiger partial charge in [0.15, 0.2) is 6.61 Å². The van der Waals surface area contributed by atoms with E-state index in [1.54, 1.807) is 13.2 Å². The molecule has 1 amide bonds. The van der Waals surface area contributed by atoms with Gasteiger partial charge in [0.05, 0.1) is 17.7 Å². The molecule has 0 fully saturated rings.